The summed E-state index contributed by atoms with van der Waals surface area (Å²) in [5, 5.41) is 11.1. The fraction of sp³-hybridized carbons (Fsp3) is 0.462. The van der Waals surface area contributed by atoms with Crippen LogP contribution < -0.4 is 5.32 Å². The number of aliphatic imine (C=N–C) groups is 1. The predicted molar refractivity (Wildman–Crippen MR) is 144 cm³/mol. The SMILES string of the molecule is CN=S1(=O)CC(C)(c2nc(CC(=O)c3ncc(C#N)cc3C)ccc2F)N=C(NC(=O)OC(C)(C)C)N1CC(F)(F)F. The maximum absolute atomic E-state index is 15.3. The number of aryl methyl sites for hydroxylation is 1. The monoisotopic (exact) mass is 611 g/mol. The number of ether oxygens (including phenoxy) is 1. The van der Waals surface area contributed by atoms with Crippen LogP contribution in [-0.4, -0.2) is 67.4 Å². The first-order chi connectivity index (χ1) is 19.3. The first-order valence-corrected chi connectivity index (χ1v) is 14.1. The Bertz CT molecular complexity index is 1600. The third-order valence-corrected chi connectivity index (χ3v) is 8.35. The van der Waals surface area contributed by atoms with E-state index in [9.17, 15) is 27.0 Å². The number of guanidine groups is 1. The molecule has 0 spiro atoms. The first kappa shape index (κ1) is 32.4. The minimum Gasteiger partial charge on any atom is -0.444 e. The standard InChI is InChI=1S/C26H29F4N7O4S/c1-15-9-16(11-31)12-33-20(15)19(38)10-17-7-8-18(27)21(34-17)25(5)14-42(40,32-6)37(13-26(28,29)30)22(36-25)35-23(39)41-24(2,3)4/h7-9,12H,10,13-14H2,1-6H3,(H,35,36,39). The van der Waals surface area contributed by atoms with Crippen LogP contribution in [0.1, 0.15) is 60.7 Å². The largest absolute Gasteiger partial charge is 0.444 e. The van der Waals surface area contributed by atoms with Crippen molar-refractivity contribution >= 4 is 27.8 Å². The van der Waals surface area contributed by atoms with E-state index in [1.54, 1.807) is 6.92 Å². The van der Waals surface area contributed by atoms with Crippen molar-refractivity contribution in [2.75, 3.05) is 19.3 Å². The number of aromatic nitrogens is 2. The fourth-order valence-corrected chi connectivity index (χ4v) is 6.26. The number of amides is 1. The molecule has 2 aromatic rings. The number of carbonyl (C=O) groups is 2. The van der Waals surface area contributed by atoms with Gasteiger partial charge in [-0.05, 0) is 58.4 Å². The second kappa shape index (κ2) is 11.6. The lowest BCUT2D eigenvalue weighted by Crippen LogP contribution is -2.57. The number of carbonyl (C=O) groups excluding carboxylic acids is 2. The van der Waals surface area contributed by atoms with Gasteiger partial charge in [-0.25, -0.2) is 27.1 Å². The van der Waals surface area contributed by atoms with Crippen LogP contribution in [0.15, 0.2) is 33.8 Å². The summed E-state index contributed by atoms with van der Waals surface area (Å²) in [6.45, 7) is 5.67. The fourth-order valence-electron chi connectivity index (χ4n) is 4.14. The zero-order chi connectivity index (χ0) is 31.7. The minimum absolute atomic E-state index is 0.0673. The van der Waals surface area contributed by atoms with E-state index in [0.717, 1.165) is 13.1 Å². The summed E-state index contributed by atoms with van der Waals surface area (Å²) in [5.41, 5.74) is -2.52. The summed E-state index contributed by atoms with van der Waals surface area (Å²) in [4.78, 5) is 37.9. The summed E-state index contributed by atoms with van der Waals surface area (Å²) in [7, 11) is -2.94. The van der Waals surface area contributed by atoms with Gasteiger partial charge in [0.05, 0.1) is 17.7 Å². The molecule has 2 aromatic heterocycles. The van der Waals surface area contributed by atoms with Gasteiger partial charge in [-0.15, -0.1) is 0 Å². The third kappa shape index (κ3) is 7.58. The lowest BCUT2D eigenvalue weighted by atomic mass is 9.98. The van der Waals surface area contributed by atoms with Gasteiger partial charge in [0.15, 0.2) is 5.78 Å². The second-order valence-corrected chi connectivity index (χ2v) is 13.0. The molecular formula is C26H29F4N7O4S. The molecule has 226 valence electrons. The van der Waals surface area contributed by atoms with E-state index in [-0.39, 0.29) is 23.4 Å². The maximum atomic E-state index is 15.3. The van der Waals surface area contributed by atoms with Crippen LogP contribution in [0.25, 0.3) is 0 Å². The van der Waals surface area contributed by atoms with Gasteiger partial charge in [0.25, 0.3) is 0 Å². The topological polar surface area (TPSA) is 150 Å². The molecule has 1 aliphatic rings. The first-order valence-electron chi connectivity index (χ1n) is 12.4. The smallest absolute Gasteiger partial charge is 0.414 e. The van der Waals surface area contributed by atoms with Gasteiger partial charge in [0.1, 0.15) is 50.9 Å². The molecule has 0 aliphatic carbocycles. The number of pyridine rings is 2. The van der Waals surface area contributed by atoms with Gasteiger partial charge in [-0.3, -0.25) is 20.1 Å². The van der Waals surface area contributed by atoms with Crippen molar-refractivity contribution in [1.29, 1.82) is 5.26 Å². The molecule has 3 rings (SSSR count). The zero-order valence-electron chi connectivity index (χ0n) is 23.7. The van der Waals surface area contributed by atoms with Crippen molar-refractivity contribution in [2.24, 2.45) is 9.36 Å². The summed E-state index contributed by atoms with van der Waals surface area (Å²) < 4.78 is 78.9. The van der Waals surface area contributed by atoms with Gasteiger partial charge in [-0.2, -0.15) is 18.4 Å². The Morgan fingerprint density at radius 3 is 2.50 bits per heavy atom. The Kier molecular flexibility index (Phi) is 8.97. The molecule has 16 heteroatoms. The molecule has 3 heterocycles. The van der Waals surface area contributed by atoms with Crippen LogP contribution >= 0.6 is 0 Å². The Labute approximate surface area is 240 Å². The Balaban J connectivity index is 2.10. The minimum atomic E-state index is -4.88. The molecule has 11 nitrogen and oxygen atoms in total. The quantitative estimate of drug-likeness (QED) is 0.393. The maximum Gasteiger partial charge on any atom is 0.414 e. The lowest BCUT2D eigenvalue weighted by Gasteiger charge is -2.39. The highest BCUT2D eigenvalue weighted by Crippen LogP contribution is 2.35. The molecule has 0 aromatic carbocycles. The van der Waals surface area contributed by atoms with E-state index in [0.29, 0.717) is 9.87 Å². The summed E-state index contributed by atoms with van der Waals surface area (Å²) in [6.07, 6.45) is -5.17. The van der Waals surface area contributed by atoms with Gasteiger partial charge < -0.3 is 4.74 Å². The lowest BCUT2D eigenvalue weighted by molar-refractivity contribution is -0.131. The van der Waals surface area contributed by atoms with Crippen molar-refractivity contribution in [3.8, 4) is 6.07 Å². The number of halogens is 4. The average molecular weight is 612 g/mol. The number of Topliss-reactive ketones (excluding diaryl/α,β-unsaturated/α-hetero) is 1. The number of hydrogen-bond acceptors (Lipinski definition) is 9. The number of rotatable bonds is 5. The summed E-state index contributed by atoms with van der Waals surface area (Å²) >= 11 is 0. The normalized spacial score (nSPS) is 20.8. The Morgan fingerprint density at radius 1 is 1.29 bits per heavy atom. The highest BCUT2D eigenvalue weighted by Gasteiger charge is 2.47. The highest BCUT2D eigenvalue weighted by atomic mass is 32.2. The number of nitrogens with one attached hydrogen (secondary N) is 1. The molecule has 2 atom stereocenters. The van der Waals surface area contributed by atoms with E-state index in [2.05, 4.69) is 24.6 Å². The van der Waals surface area contributed by atoms with Crippen LogP contribution in [0.4, 0.5) is 22.4 Å². The third-order valence-electron chi connectivity index (χ3n) is 5.85. The van der Waals surface area contributed by atoms with Crippen molar-refractivity contribution in [3.05, 3.63) is 58.4 Å². The molecular weight excluding hydrogens is 582 g/mol. The van der Waals surface area contributed by atoms with E-state index < -0.39 is 68.9 Å². The van der Waals surface area contributed by atoms with E-state index in [4.69, 9.17) is 10.00 Å². The van der Waals surface area contributed by atoms with E-state index >= 15 is 4.39 Å². The molecule has 0 fully saturated rings. The molecule has 1 N–H and O–H groups in total. The Morgan fingerprint density at radius 2 is 1.95 bits per heavy atom. The predicted octanol–water partition coefficient (Wildman–Crippen LogP) is 4.21. The van der Waals surface area contributed by atoms with Crippen molar-refractivity contribution < 1.29 is 36.1 Å². The second-order valence-electron chi connectivity index (χ2n) is 10.7. The van der Waals surface area contributed by atoms with Gasteiger partial charge in [0.2, 0.25) is 5.96 Å². The Hall–Kier alpha value is -4.13. The van der Waals surface area contributed by atoms with Crippen LogP contribution in [0, 0.1) is 24.1 Å². The molecule has 1 aliphatic heterocycles. The molecule has 2 unspecified atom stereocenters. The van der Waals surface area contributed by atoms with Crippen LogP contribution in [0.5, 0.6) is 0 Å². The molecule has 0 bridgehead atoms. The number of alkyl carbamates (subject to hydrolysis) is 1. The number of alkyl halides is 3. The highest BCUT2D eigenvalue weighted by molar-refractivity contribution is 7.92. The zero-order valence-corrected chi connectivity index (χ0v) is 24.5. The summed E-state index contributed by atoms with van der Waals surface area (Å²) in [5.74, 6) is -2.95. The van der Waals surface area contributed by atoms with Crippen LogP contribution in [0.3, 0.4) is 0 Å². The molecule has 0 saturated heterocycles. The van der Waals surface area contributed by atoms with Gasteiger partial charge in [-0.1, -0.05) is 0 Å². The van der Waals surface area contributed by atoms with E-state index in [1.807, 2.05) is 6.07 Å². The van der Waals surface area contributed by atoms with Crippen LogP contribution in [-0.2, 0) is 26.6 Å². The van der Waals surface area contributed by atoms with Crippen molar-refractivity contribution in [2.45, 2.75) is 58.4 Å². The molecule has 0 saturated carbocycles. The summed E-state index contributed by atoms with van der Waals surface area (Å²) in [6, 6.07) is 5.64. The van der Waals surface area contributed by atoms with Gasteiger partial charge in [0, 0.05) is 18.9 Å². The molecule has 1 amide bonds. The van der Waals surface area contributed by atoms with Crippen LogP contribution in [0.2, 0.25) is 0 Å². The number of hydrogen-bond donors (Lipinski definition) is 1. The van der Waals surface area contributed by atoms with Crippen molar-refractivity contribution in [1.82, 2.24) is 19.6 Å². The number of nitrogens with zero attached hydrogens (tertiary/aromatic N) is 6. The number of ketones is 1. The van der Waals surface area contributed by atoms with Gasteiger partial charge >= 0.3 is 12.3 Å². The molecule has 0 radical (unpaired) electrons. The molecule has 42 heavy (non-hydrogen) atoms. The number of nitriles is 1. The van der Waals surface area contributed by atoms with Crippen molar-refractivity contribution in [3.63, 3.8) is 0 Å². The average Bonchev–Trinajstić information content (AvgIpc) is 2.85. The van der Waals surface area contributed by atoms with E-state index in [1.165, 1.54) is 46.0 Å².